The summed E-state index contributed by atoms with van der Waals surface area (Å²) in [6, 6.07) is 9.09. The second-order valence-electron chi connectivity index (χ2n) is 9.92. The van der Waals surface area contributed by atoms with E-state index in [0.717, 1.165) is 49.6 Å². The van der Waals surface area contributed by atoms with E-state index in [4.69, 9.17) is 0 Å². The van der Waals surface area contributed by atoms with Gasteiger partial charge in [-0.3, -0.25) is 14.4 Å². The maximum atomic E-state index is 12.9. The first-order chi connectivity index (χ1) is 17.5. The summed E-state index contributed by atoms with van der Waals surface area (Å²) in [5.41, 5.74) is 0.660. The summed E-state index contributed by atoms with van der Waals surface area (Å²) >= 11 is 1.00. The normalized spacial score (nSPS) is 19.1. The highest BCUT2D eigenvalue weighted by molar-refractivity contribution is 7.15. The number of carbonyl (C=O) groups excluding carboxylic acids is 3. The third-order valence-electron chi connectivity index (χ3n) is 6.92. The minimum atomic E-state index is -0.382. The highest BCUT2D eigenvalue weighted by Gasteiger charge is 2.28. The molecule has 0 spiro atoms. The smallest absolute Gasteiger partial charge is 0.286 e. The van der Waals surface area contributed by atoms with Gasteiger partial charge in [0.05, 0.1) is 0 Å². The van der Waals surface area contributed by atoms with Gasteiger partial charge in [-0.2, -0.15) is 0 Å². The van der Waals surface area contributed by atoms with Crippen LogP contribution in [0.4, 0.5) is 5.69 Å². The zero-order valence-electron chi connectivity index (χ0n) is 20.9. The Morgan fingerprint density at radius 3 is 2.53 bits per heavy atom. The highest BCUT2D eigenvalue weighted by Crippen LogP contribution is 2.23. The van der Waals surface area contributed by atoms with E-state index < -0.39 is 0 Å². The third kappa shape index (κ3) is 7.57. The van der Waals surface area contributed by atoms with Crippen LogP contribution in [0.25, 0.3) is 0 Å². The number of hydrogen-bond acceptors (Lipinski definition) is 7. The fourth-order valence-electron chi connectivity index (χ4n) is 4.94. The van der Waals surface area contributed by atoms with Gasteiger partial charge in [0, 0.05) is 38.3 Å². The van der Waals surface area contributed by atoms with Crippen LogP contribution in [0.5, 0.6) is 0 Å². The number of benzene rings is 1. The fourth-order valence-corrected chi connectivity index (χ4v) is 5.64. The van der Waals surface area contributed by atoms with Crippen molar-refractivity contribution in [3.8, 4) is 0 Å². The average molecular weight is 513 g/mol. The number of likely N-dealkylation sites (tertiary alicyclic amines) is 2. The van der Waals surface area contributed by atoms with Crippen LogP contribution >= 0.6 is 11.3 Å². The van der Waals surface area contributed by atoms with E-state index in [-0.39, 0.29) is 33.7 Å². The van der Waals surface area contributed by atoms with Crippen molar-refractivity contribution in [2.24, 2.45) is 11.8 Å². The Balaban J connectivity index is 1.14. The van der Waals surface area contributed by atoms with E-state index in [9.17, 15) is 14.4 Å². The SMILES string of the molecule is C[C@H]1CCCN(CCCNC(=O)CC2CCN(C(=O)c3nnc(C(=O)Nc4ccccc4)s3)CC2)C1. The summed E-state index contributed by atoms with van der Waals surface area (Å²) in [6.45, 7) is 7.58. The van der Waals surface area contributed by atoms with Crippen LogP contribution in [-0.4, -0.2) is 77.0 Å². The molecule has 2 aliphatic heterocycles. The molecular formula is C26H36N6O3S. The maximum Gasteiger partial charge on any atom is 0.286 e. The van der Waals surface area contributed by atoms with Crippen molar-refractivity contribution in [3.63, 3.8) is 0 Å². The molecule has 9 nitrogen and oxygen atoms in total. The highest BCUT2D eigenvalue weighted by atomic mass is 32.1. The number of aromatic nitrogens is 2. The van der Waals surface area contributed by atoms with Gasteiger partial charge < -0.3 is 20.4 Å². The number of rotatable bonds is 9. The molecule has 3 amide bonds. The largest absolute Gasteiger partial charge is 0.356 e. The van der Waals surface area contributed by atoms with E-state index in [2.05, 4.69) is 32.7 Å². The van der Waals surface area contributed by atoms with Crippen molar-refractivity contribution in [2.75, 3.05) is 44.6 Å². The molecule has 0 unspecified atom stereocenters. The van der Waals surface area contributed by atoms with Gasteiger partial charge >= 0.3 is 0 Å². The molecule has 36 heavy (non-hydrogen) atoms. The standard InChI is InChI=1S/C26H36N6O3S/c1-19-7-5-13-31(18-19)14-6-12-27-22(33)17-20-10-15-32(16-11-20)26(35)25-30-29-24(36-25)23(34)28-21-8-3-2-4-9-21/h2-4,8-9,19-20H,5-7,10-18H2,1H3,(H,27,33)(H,28,34)/t19-/m0/s1. The second-order valence-corrected chi connectivity index (χ2v) is 10.9. The first kappa shape index (κ1) is 26.2. The van der Waals surface area contributed by atoms with E-state index in [1.54, 1.807) is 17.0 Å². The molecule has 2 aromatic rings. The van der Waals surface area contributed by atoms with Crippen molar-refractivity contribution in [1.82, 2.24) is 25.3 Å². The molecule has 10 heteroatoms. The molecule has 1 aromatic carbocycles. The van der Waals surface area contributed by atoms with E-state index in [0.29, 0.717) is 25.2 Å². The molecule has 2 fully saturated rings. The quantitative estimate of drug-likeness (QED) is 0.500. The van der Waals surface area contributed by atoms with Gasteiger partial charge in [0.25, 0.3) is 11.8 Å². The molecule has 0 radical (unpaired) electrons. The Labute approximate surface area is 216 Å². The number of para-hydroxylation sites is 1. The lowest BCUT2D eigenvalue weighted by Crippen LogP contribution is -2.40. The van der Waals surface area contributed by atoms with Gasteiger partial charge in [0.15, 0.2) is 0 Å². The molecule has 4 rings (SSSR count). The van der Waals surface area contributed by atoms with Crippen molar-refractivity contribution in [2.45, 2.75) is 45.4 Å². The summed E-state index contributed by atoms with van der Waals surface area (Å²) in [6.07, 6.45) is 5.66. The number of amides is 3. The number of piperidine rings is 2. The Bertz CT molecular complexity index is 1020. The van der Waals surface area contributed by atoms with Crippen LogP contribution in [0, 0.1) is 11.8 Å². The van der Waals surface area contributed by atoms with Gasteiger partial charge in [0.1, 0.15) is 0 Å². The van der Waals surface area contributed by atoms with Gasteiger partial charge in [-0.1, -0.05) is 36.5 Å². The molecule has 2 saturated heterocycles. The zero-order chi connectivity index (χ0) is 25.3. The predicted molar refractivity (Wildman–Crippen MR) is 140 cm³/mol. The van der Waals surface area contributed by atoms with Crippen LogP contribution in [0.15, 0.2) is 30.3 Å². The lowest BCUT2D eigenvalue weighted by molar-refractivity contribution is -0.122. The monoisotopic (exact) mass is 512 g/mol. The molecule has 0 saturated carbocycles. The summed E-state index contributed by atoms with van der Waals surface area (Å²) < 4.78 is 0. The van der Waals surface area contributed by atoms with Gasteiger partial charge in [0.2, 0.25) is 15.9 Å². The average Bonchev–Trinajstić information content (AvgIpc) is 3.38. The van der Waals surface area contributed by atoms with Gasteiger partial charge in [-0.15, -0.1) is 10.2 Å². The maximum absolute atomic E-state index is 12.9. The Hall–Kier alpha value is -2.85. The molecule has 1 aromatic heterocycles. The van der Waals surface area contributed by atoms with Crippen molar-refractivity contribution >= 4 is 34.7 Å². The molecule has 0 bridgehead atoms. The fraction of sp³-hybridized carbons (Fsp3) is 0.577. The first-order valence-corrected chi connectivity index (χ1v) is 13.8. The zero-order valence-corrected chi connectivity index (χ0v) is 21.8. The molecule has 2 N–H and O–H groups in total. The van der Waals surface area contributed by atoms with Crippen LogP contribution < -0.4 is 10.6 Å². The molecule has 1 atom stereocenters. The molecule has 194 valence electrons. The Kier molecular flexibility index (Phi) is 9.41. The summed E-state index contributed by atoms with van der Waals surface area (Å²) in [5.74, 6) is 0.567. The van der Waals surface area contributed by atoms with Crippen molar-refractivity contribution < 1.29 is 14.4 Å². The van der Waals surface area contributed by atoms with E-state index >= 15 is 0 Å². The van der Waals surface area contributed by atoms with Gasteiger partial charge in [-0.25, -0.2) is 0 Å². The lowest BCUT2D eigenvalue weighted by atomic mass is 9.93. The van der Waals surface area contributed by atoms with Crippen LogP contribution in [0.1, 0.15) is 65.1 Å². The van der Waals surface area contributed by atoms with Crippen molar-refractivity contribution in [1.29, 1.82) is 0 Å². The minimum absolute atomic E-state index is 0.102. The number of carbonyl (C=O) groups is 3. The van der Waals surface area contributed by atoms with Crippen LogP contribution in [0.3, 0.4) is 0 Å². The minimum Gasteiger partial charge on any atom is -0.356 e. The second kappa shape index (κ2) is 12.9. The summed E-state index contributed by atoms with van der Waals surface area (Å²) in [4.78, 5) is 41.9. The van der Waals surface area contributed by atoms with E-state index in [1.807, 2.05) is 18.2 Å². The van der Waals surface area contributed by atoms with Gasteiger partial charge in [-0.05, 0) is 69.2 Å². The molecular weight excluding hydrogens is 476 g/mol. The third-order valence-corrected chi connectivity index (χ3v) is 7.83. The molecule has 3 heterocycles. The number of hydrogen-bond donors (Lipinski definition) is 2. The molecule has 2 aliphatic rings. The summed E-state index contributed by atoms with van der Waals surface area (Å²) in [7, 11) is 0. The Morgan fingerprint density at radius 1 is 1.03 bits per heavy atom. The predicted octanol–water partition coefficient (Wildman–Crippen LogP) is 3.27. The lowest BCUT2D eigenvalue weighted by Gasteiger charge is -2.31. The van der Waals surface area contributed by atoms with Crippen LogP contribution in [-0.2, 0) is 4.79 Å². The Morgan fingerprint density at radius 2 is 1.78 bits per heavy atom. The van der Waals surface area contributed by atoms with Crippen LogP contribution in [0.2, 0.25) is 0 Å². The molecule has 0 aliphatic carbocycles. The van der Waals surface area contributed by atoms with E-state index in [1.165, 1.54) is 25.9 Å². The topological polar surface area (TPSA) is 108 Å². The number of nitrogens with one attached hydrogen (secondary N) is 2. The number of anilines is 1. The number of nitrogens with zero attached hydrogens (tertiary/aromatic N) is 4. The van der Waals surface area contributed by atoms with Crippen molar-refractivity contribution in [3.05, 3.63) is 40.3 Å². The first-order valence-electron chi connectivity index (χ1n) is 13.0. The summed E-state index contributed by atoms with van der Waals surface area (Å²) in [5, 5.41) is 14.1.